The van der Waals surface area contributed by atoms with Gasteiger partial charge in [0.15, 0.2) is 0 Å². The fraction of sp³-hybridized carbons (Fsp3) is 0.200. The van der Waals surface area contributed by atoms with Crippen LogP contribution < -0.4 is 5.73 Å². The van der Waals surface area contributed by atoms with Crippen molar-refractivity contribution in [2.75, 3.05) is 0 Å². The Bertz CT molecular complexity index is 219. The number of nitrogens with two attached hydrogens (primary N) is 1. The molecule has 0 aliphatic heterocycles. The largest absolute Gasteiger partial charge is 0.399 e. The van der Waals surface area contributed by atoms with Crippen molar-refractivity contribution in [3.8, 4) is 0 Å². The minimum atomic E-state index is 0.609. The highest BCUT2D eigenvalue weighted by atomic mass is 14.6. The van der Waals surface area contributed by atoms with Gasteiger partial charge in [0.1, 0.15) is 0 Å². The number of hydrogen-bond acceptors (Lipinski definition) is 1. The van der Waals surface area contributed by atoms with Crippen LogP contribution in [0, 0.1) is 0 Å². The molecule has 0 rings (SSSR count). The van der Waals surface area contributed by atoms with E-state index in [9.17, 15) is 0 Å². The minimum absolute atomic E-state index is 0.609. The lowest BCUT2D eigenvalue weighted by Gasteiger charge is -1.95. The first-order chi connectivity index (χ1) is 5.07. The molecule has 0 heterocycles. The van der Waals surface area contributed by atoms with Crippen LogP contribution in [0.1, 0.15) is 13.8 Å². The van der Waals surface area contributed by atoms with Crippen LogP contribution in [0.25, 0.3) is 0 Å². The Labute approximate surface area is 68.6 Å². The Balaban J connectivity index is 4.34. The lowest BCUT2D eigenvalue weighted by molar-refractivity contribution is 1.30. The molecule has 1 nitrogen and oxygen atoms in total. The maximum atomic E-state index is 5.45. The van der Waals surface area contributed by atoms with Gasteiger partial charge in [-0.3, -0.25) is 0 Å². The summed E-state index contributed by atoms with van der Waals surface area (Å²) in [5.74, 6) is 0. The van der Waals surface area contributed by atoms with Crippen LogP contribution in [0.2, 0.25) is 0 Å². The van der Waals surface area contributed by atoms with Crippen LogP contribution in [-0.4, -0.2) is 0 Å². The van der Waals surface area contributed by atoms with Crippen molar-refractivity contribution in [2.45, 2.75) is 13.8 Å². The molecule has 0 aromatic heterocycles. The van der Waals surface area contributed by atoms with Crippen LogP contribution >= 0.6 is 0 Å². The van der Waals surface area contributed by atoms with E-state index >= 15 is 0 Å². The molecule has 0 unspecified atom stereocenters. The van der Waals surface area contributed by atoms with E-state index < -0.39 is 0 Å². The van der Waals surface area contributed by atoms with Crippen molar-refractivity contribution in [3.05, 3.63) is 48.2 Å². The van der Waals surface area contributed by atoms with Crippen LogP contribution in [0.5, 0.6) is 0 Å². The molecular formula is C10H15N. The third-order valence-electron chi connectivity index (χ3n) is 1.42. The predicted octanol–water partition coefficient (Wildman–Crippen LogP) is 2.54. The van der Waals surface area contributed by atoms with E-state index in [2.05, 4.69) is 13.2 Å². The third kappa shape index (κ3) is 4.20. The lowest BCUT2D eigenvalue weighted by Crippen LogP contribution is -1.94. The van der Waals surface area contributed by atoms with E-state index in [1.807, 2.05) is 26.0 Å². The van der Waals surface area contributed by atoms with Crippen LogP contribution in [0.3, 0.4) is 0 Å². The van der Waals surface area contributed by atoms with E-state index in [-0.39, 0.29) is 0 Å². The zero-order valence-corrected chi connectivity index (χ0v) is 7.22. The van der Waals surface area contributed by atoms with Gasteiger partial charge in [0.25, 0.3) is 0 Å². The average molecular weight is 149 g/mol. The summed E-state index contributed by atoms with van der Waals surface area (Å²) in [6, 6.07) is 0. The van der Waals surface area contributed by atoms with Crippen molar-refractivity contribution in [3.63, 3.8) is 0 Å². The van der Waals surface area contributed by atoms with Crippen molar-refractivity contribution in [1.29, 1.82) is 0 Å². The van der Waals surface area contributed by atoms with Crippen molar-refractivity contribution in [1.82, 2.24) is 0 Å². The molecule has 0 aromatic carbocycles. The van der Waals surface area contributed by atoms with E-state index in [1.165, 1.54) is 0 Å². The van der Waals surface area contributed by atoms with Gasteiger partial charge < -0.3 is 5.73 Å². The van der Waals surface area contributed by atoms with E-state index in [0.29, 0.717) is 5.70 Å². The third-order valence-corrected chi connectivity index (χ3v) is 1.42. The summed E-state index contributed by atoms with van der Waals surface area (Å²) in [5, 5.41) is 0. The summed E-state index contributed by atoms with van der Waals surface area (Å²) in [7, 11) is 0. The second-order valence-electron chi connectivity index (χ2n) is 2.49. The van der Waals surface area contributed by atoms with Crippen molar-refractivity contribution in [2.24, 2.45) is 5.73 Å². The summed E-state index contributed by atoms with van der Waals surface area (Å²) in [6.07, 6.45) is 5.68. The van der Waals surface area contributed by atoms with Gasteiger partial charge in [-0.05, 0) is 19.4 Å². The van der Waals surface area contributed by atoms with E-state index in [1.54, 1.807) is 6.08 Å². The summed E-state index contributed by atoms with van der Waals surface area (Å²) < 4.78 is 0. The van der Waals surface area contributed by atoms with Crippen molar-refractivity contribution >= 4 is 0 Å². The number of allylic oxidation sites excluding steroid dienone is 5. The molecule has 0 fully saturated rings. The zero-order chi connectivity index (χ0) is 8.85. The highest BCUT2D eigenvalue weighted by Crippen LogP contribution is 2.01. The molecule has 0 bridgehead atoms. The van der Waals surface area contributed by atoms with Crippen LogP contribution in [-0.2, 0) is 0 Å². The van der Waals surface area contributed by atoms with Crippen molar-refractivity contribution < 1.29 is 0 Å². The molecular weight excluding hydrogens is 134 g/mol. The van der Waals surface area contributed by atoms with Gasteiger partial charge in [-0.1, -0.05) is 37.0 Å². The second kappa shape index (κ2) is 4.56. The summed E-state index contributed by atoms with van der Waals surface area (Å²) in [5.41, 5.74) is 8.16. The molecule has 0 saturated carbocycles. The van der Waals surface area contributed by atoms with Gasteiger partial charge in [-0.15, -0.1) is 0 Å². The molecule has 0 amide bonds. The smallest absolute Gasteiger partial charge is 0.0270 e. The molecule has 0 spiro atoms. The molecule has 0 radical (unpaired) electrons. The maximum absolute atomic E-state index is 5.45. The normalized spacial score (nSPS) is 12.9. The summed E-state index contributed by atoms with van der Waals surface area (Å²) in [4.78, 5) is 0. The molecule has 0 aliphatic carbocycles. The number of rotatable bonds is 3. The SMILES string of the molecule is C=C/C(C)=C\C=C(\C)C(=C)N. The molecule has 0 saturated heterocycles. The van der Waals surface area contributed by atoms with Gasteiger partial charge >= 0.3 is 0 Å². The second-order valence-corrected chi connectivity index (χ2v) is 2.49. The maximum Gasteiger partial charge on any atom is 0.0270 e. The van der Waals surface area contributed by atoms with E-state index in [0.717, 1.165) is 11.1 Å². The topological polar surface area (TPSA) is 26.0 Å². The quantitative estimate of drug-likeness (QED) is 0.613. The standard InChI is InChI=1S/C10H15N/c1-5-8(2)6-7-9(3)10(4)11/h5-7H,1,4,11H2,2-3H3/b8-6-,9-7-. The molecule has 0 aliphatic rings. The first kappa shape index (κ1) is 9.76. The highest BCUT2D eigenvalue weighted by molar-refractivity contribution is 5.30. The monoisotopic (exact) mass is 149 g/mol. The zero-order valence-electron chi connectivity index (χ0n) is 7.22. The molecule has 0 atom stereocenters. The van der Waals surface area contributed by atoms with Crippen LogP contribution in [0.15, 0.2) is 48.2 Å². The minimum Gasteiger partial charge on any atom is -0.399 e. The van der Waals surface area contributed by atoms with Crippen LogP contribution in [0.4, 0.5) is 0 Å². The Kier molecular flexibility index (Phi) is 4.04. The Morgan fingerprint density at radius 2 is 1.82 bits per heavy atom. The van der Waals surface area contributed by atoms with Gasteiger partial charge in [0, 0.05) is 5.70 Å². The Morgan fingerprint density at radius 3 is 2.18 bits per heavy atom. The molecule has 2 N–H and O–H groups in total. The first-order valence-electron chi connectivity index (χ1n) is 3.50. The Hall–Kier alpha value is -1.24. The van der Waals surface area contributed by atoms with Gasteiger partial charge in [-0.2, -0.15) is 0 Å². The number of hydrogen-bond donors (Lipinski definition) is 1. The molecule has 11 heavy (non-hydrogen) atoms. The lowest BCUT2D eigenvalue weighted by atomic mass is 10.2. The fourth-order valence-electron chi connectivity index (χ4n) is 0.432. The Morgan fingerprint density at radius 1 is 1.27 bits per heavy atom. The fourth-order valence-corrected chi connectivity index (χ4v) is 0.432. The highest BCUT2D eigenvalue weighted by Gasteiger charge is 1.85. The van der Waals surface area contributed by atoms with Gasteiger partial charge in [0.2, 0.25) is 0 Å². The predicted molar refractivity (Wildman–Crippen MR) is 51.0 cm³/mol. The van der Waals surface area contributed by atoms with Gasteiger partial charge in [0.05, 0.1) is 0 Å². The summed E-state index contributed by atoms with van der Waals surface area (Å²) >= 11 is 0. The molecule has 1 heteroatoms. The van der Waals surface area contributed by atoms with Gasteiger partial charge in [-0.25, -0.2) is 0 Å². The van der Waals surface area contributed by atoms with E-state index in [4.69, 9.17) is 5.73 Å². The molecule has 0 aromatic rings. The average Bonchev–Trinajstić information content (AvgIpc) is 1.99. The summed E-state index contributed by atoms with van der Waals surface area (Å²) in [6.45, 7) is 11.2. The first-order valence-corrected chi connectivity index (χ1v) is 3.50. The molecule has 60 valence electrons.